The molecule has 0 bridgehead atoms. The third kappa shape index (κ3) is 4.43. The molecule has 1 saturated carbocycles. The molecule has 2 heterocycles. The molecule has 0 spiro atoms. The van der Waals surface area contributed by atoms with Gasteiger partial charge in [0.2, 0.25) is 0 Å². The molecule has 0 radical (unpaired) electrons. The van der Waals surface area contributed by atoms with Crippen LogP contribution in [0.1, 0.15) is 60.1 Å². The molecule has 150 valence electrons. The number of rotatable bonds is 4. The van der Waals surface area contributed by atoms with Crippen molar-refractivity contribution in [3.63, 3.8) is 0 Å². The molecule has 1 amide bonds. The van der Waals surface area contributed by atoms with Gasteiger partial charge >= 0.3 is 0 Å². The first kappa shape index (κ1) is 19.1. The Morgan fingerprint density at radius 2 is 1.86 bits per heavy atom. The van der Waals surface area contributed by atoms with Crippen LogP contribution in [0.2, 0.25) is 0 Å². The number of carbonyl (C=O) groups is 1. The molecule has 2 aliphatic rings. The smallest absolute Gasteiger partial charge is 0.276 e. The van der Waals surface area contributed by atoms with Gasteiger partial charge in [-0.05, 0) is 37.3 Å². The summed E-state index contributed by atoms with van der Waals surface area (Å²) in [7, 11) is 0. The van der Waals surface area contributed by atoms with Crippen molar-refractivity contribution in [1.29, 1.82) is 0 Å². The minimum atomic E-state index is 0.0153. The number of carbonyl (C=O) groups excluding carboxylic acids is 1. The maximum absolute atomic E-state index is 13.0. The van der Waals surface area contributed by atoms with Crippen molar-refractivity contribution in [1.82, 2.24) is 24.8 Å². The lowest BCUT2D eigenvalue weighted by atomic mass is 9.94. The van der Waals surface area contributed by atoms with Gasteiger partial charge in [-0.15, -0.1) is 5.10 Å². The van der Waals surface area contributed by atoms with Gasteiger partial charge in [-0.3, -0.25) is 9.69 Å². The summed E-state index contributed by atoms with van der Waals surface area (Å²) in [5.41, 5.74) is 2.88. The SMILES string of the molecule is Cc1ccccc1Cn1cc(C(=O)N2CCCN(C3CCCCC3)CC2)nn1. The zero-order valence-corrected chi connectivity index (χ0v) is 16.9. The third-order valence-corrected chi connectivity index (χ3v) is 6.26. The fourth-order valence-electron chi connectivity index (χ4n) is 4.55. The van der Waals surface area contributed by atoms with Gasteiger partial charge in [0.15, 0.2) is 5.69 Å². The number of nitrogens with zero attached hydrogens (tertiary/aromatic N) is 5. The number of benzene rings is 1. The van der Waals surface area contributed by atoms with Crippen LogP contribution in [0.15, 0.2) is 30.5 Å². The Morgan fingerprint density at radius 1 is 1.04 bits per heavy atom. The maximum atomic E-state index is 13.0. The minimum Gasteiger partial charge on any atom is -0.336 e. The number of hydrogen-bond donors (Lipinski definition) is 0. The normalized spacial score (nSPS) is 19.5. The lowest BCUT2D eigenvalue weighted by Gasteiger charge is -2.33. The van der Waals surface area contributed by atoms with Gasteiger partial charge in [-0.2, -0.15) is 0 Å². The Balaban J connectivity index is 1.36. The van der Waals surface area contributed by atoms with Gasteiger partial charge in [-0.25, -0.2) is 4.68 Å². The summed E-state index contributed by atoms with van der Waals surface area (Å²) in [6.45, 7) is 6.42. The predicted octanol–water partition coefficient (Wildman–Crippen LogP) is 3.12. The van der Waals surface area contributed by atoms with Crippen LogP contribution in [-0.2, 0) is 6.54 Å². The van der Waals surface area contributed by atoms with Crippen LogP contribution in [0.3, 0.4) is 0 Å². The van der Waals surface area contributed by atoms with Crippen molar-refractivity contribution in [3.8, 4) is 0 Å². The second-order valence-corrected chi connectivity index (χ2v) is 8.20. The van der Waals surface area contributed by atoms with E-state index in [9.17, 15) is 4.79 Å². The zero-order chi connectivity index (χ0) is 19.3. The summed E-state index contributed by atoms with van der Waals surface area (Å²) in [6, 6.07) is 8.96. The zero-order valence-electron chi connectivity index (χ0n) is 16.9. The molecule has 4 rings (SSSR count). The monoisotopic (exact) mass is 381 g/mol. The second-order valence-electron chi connectivity index (χ2n) is 8.20. The summed E-state index contributed by atoms with van der Waals surface area (Å²) in [5.74, 6) is 0.0153. The summed E-state index contributed by atoms with van der Waals surface area (Å²) >= 11 is 0. The first-order valence-corrected chi connectivity index (χ1v) is 10.7. The van der Waals surface area contributed by atoms with E-state index in [1.165, 1.54) is 43.2 Å². The maximum Gasteiger partial charge on any atom is 0.276 e. The largest absolute Gasteiger partial charge is 0.336 e. The molecule has 0 N–H and O–H groups in total. The molecule has 0 unspecified atom stereocenters. The molecule has 1 aromatic carbocycles. The van der Waals surface area contributed by atoms with E-state index in [1.54, 1.807) is 10.9 Å². The highest BCUT2D eigenvalue weighted by Crippen LogP contribution is 2.23. The Kier molecular flexibility index (Phi) is 6.05. The fraction of sp³-hybridized carbons (Fsp3) is 0.591. The topological polar surface area (TPSA) is 54.3 Å². The van der Waals surface area contributed by atoms with Crippen LogP contribution in [0.25, 0.3) is 0 Å². The van der Waals surface area contributed by atoms with E-state index < -0.39 is 0 Å². The van der Waals surface area contributed by atoms with Gasteiger partial charge in [0.25, 0.3) is 5.91 Å². The number of aromatic nitrogens is 3. The molecule has 2 aromatic rings. The molecular formula is C22H31N5O. The molecule has 1 aliphatic heterocycles. The first-order valence-electron chi connectivity index (χ1n) is 10.7. The van der Waals surface area contributed by atoms with Crippen molar-refractivity contribution < 1.29 is 4.79 Å². The van der Waals surface area contributed by atoms with Gasteiger partial charge in [0.05, 0.1) is 12.7 Å². The minimum absolute atomic E-state index is 0.0153. The summed E-state index contributed by atoms with van der Waals surface area (Å²) in [5, 5.41) is 8.35. The van der Waals surface area contributed by atoms with E-state index in [1.807, 2.05) is 17.0 Å². The molecule has 0 atom stereocenters. The highest BCUT2D eigenvalue weighted by atomic mass is 16.2. The van der Waals surface area contributed by atoms with Crippen molar-refractivity contribution in [2.75, 3.05) is 26.2 Å². The molecule has 28 heavy (non-hydrogen) atoms. The van der Waals surface area contributed by atoms with Crippen LogP contribution in [0, 0.1) is 6.92 Å². The molecule has 6 heteroatoms. The van der Waals surface area contributed by atoms with Gasteiger partial charge in [0, 0.05) is 32.2 Å². The highest BCUT2D eigenvalue weighted by molar-refractivity contribution is 5.91. The second kappa shape index (κ2) is 8.86. The lowest BCUT2D eigenvalue weighted by Crippen LogP contribution is -2.40. The van der Waals surface area contributed by atoms with E-state index in [4.69, 9.17) is 0 Å². The van der Waals surface area contributed by atoms with E-state index in [0.29, 0.717) is 12.2 Å². The average molecular weight is 382 g/mol. The van der Waals surface area contributed by atoms with Crippen LogP contribution in [0.4, 0.5) is 0 Å². The molecule has 1 aliphatic carbocycles. The van der Waals surface area contributed by atoms with Gasteiger partial charge in [0.1, 0.15) is 0 Å². The van der Waals surface area contributed by atoms with Crippen LogP contribution in [0.5, 0.6) is 0 Å². The van der Waals surface area contributed by atoms with E-state index in [0.717, 1.165) is 38.6 Å². The first-order chi connectivity index (χ1) is 13.7. The standard InChI is InChI=1S/C22H31N5O/c1-18-8-5-6-9-19(18)16-27-17-21(23-24-27)22(28)26-13-7-12-25(14-15-26)20-10-3-2-4-11-20/h5-6,8-9,17,20H,2-4,7,10-16H2,1H3. The van der Waals surface area contributed by atoms with Crippen LogP contribution >= 0.6 is 0 Å². The highest BCUT2D eigenvalue weighted by Gasteiger charge is 2.26. The Labute approximate surface area is 167 Å². The molecule has 1 aromatic heterocycles. The summed E-state index contributed by atoms with van der Waals surface area (Å²) in [4.78, 5) is 17.5. The summed E-state index contributed by atoms with van der Waals surface area (Å²) < 4.78 is 1.77. The lowest BCUT2D eigenvalue weighted by molar-refractivity contribution is 0.0749. The number of amides is 1. The van der Waals surface area contributed by atoms with Crippen molar-refractivity contribution in [2.45, 2.75) is 58.0 Å². The Morgan fingerprint density at radius 3 is 2.68 bits per heavy atom. The molecular weight excluding hydrogens is 350 g/mol. The number of hydrogen-bond acceptors (Lipinski definition) is 4. The van der Waals surface area contributed by atoms with Crippen LogP contribution in [-0.4, -0.2) is 62.9 Å². The molecule has 1 saturated heterocycles. The Hall–Kier alpha value is -2.21. The summed E-state index contributed by atoms with van der Waals surface area (Å²) in [6.07, 6.45) is 9.56. The van der Waals surface area contributed by atoms with Gasteiger partial charge in [-0.1, -0.05) is 48.7 Å². The van der Waals surface area contributed by atoms with Crippen molar-refractivity contribution >= 4 is 5.91 Å². The molecule has 2 fully saturated rings. The number of aryl methyl sites for hydroxylation is 1. The van der Waals surface area contributed by atoms with Crippen molar-refractivity contribution in [3.05, 3.63) is 47.3 Å². The third-order valence-electron chi connectivity index (χ3n) is 6.26. The van der Waals surface area contributed by atoms with Crippen LogP contribution < -0.4 is 0 Å². The van der Waals surface area contributed by atoms with E-state index >= 15 is 0 Å². The quantitative estimate of drug-likeness (QED) is 0.817. The average Bonchev–Trinajstić information content (AvgIpc) is 3.05. The predicted molar refractivity (Wildman–Crippen MR) is 109 cm³/mol. The van der Waals surface area contributed by atoms with E-state index in [2.05, 4.69) is 34.3 Å². The molecule has 6 nitrogen and oxygen atoms in total. The van der Waals surface area contributed by atoms with E-state index in [-0.39, 0.29) is 5.91 Å². The fourth-order valence-corrected chi connectivity index (χ4v) is 4.55. The van der Waals surface area contributed by atoms with Gasteiger partial charge < -0.3 is 4.90 Å². The Bertz CT molecular complexity index is 796. The van der Waals surface area contributed by atoms with Crippen molar-refractivity contribution in [2.24, 2.45) is 0 Å².